The van der Waals surface area contributed by atoms with Crippen LogP contribution in [-0.2, 0) is 14.9 Å². The molecule has 0 saturated carbocycles. The Bertz CT molecular complexity index is 905. The first-order chi connectivity index (χ1) is 12.0. The minimum absolute atomic E-state index is 0.202. The first-order valence-corrected chi connectivity index (χ1v) is 8.54. The molecule has 5 nitrogen and oxygen atoms in total. The van der Waals surface area contributed by atoms with E-state index < -0.39 is 33.2 Å². The van der Waals surface area contributed by atoms with Gasteiger partial charge in [-0.05, 0) is 42.3 Å². The van der Waals surface area contributed by atoms with Crippen LogP contribution in [0.25, 0.3) is 11.1 Å². The summed E-state index contributed by atoms with van der Waals surface area (Å²) in [6.45, 7) is 1.85. The normalized spacial score (nSPS) is 11.9. The number of carbonyl (C=O) groups is 1. The van der Waals surface area contributed by atoms with Gasteiger partial charge in [0, 0.05) is 0 Å². The Morgan fingerprint density at radius 1 is 1.04 bits per heavy atom. The maximum atomic E-state index is 13.9. The number of esters is 1. The zero-order valence-electron chi connectivity index (χ0n) is 13.2. The van der Waals surface area contributed by atoms with Crippen molar-refractivity contribution in [3.05, 3.63) is 53.8 Å². The van der Waals surface area contributed by atoms with Gasteiger partial charge in [0.05, 0.1) is 12.2 Å². The van der Waals surface area contributed by atoms with E-state index in [0.29, 0.717) is 5.56 Å². The molecule has 0 spiro atoms. The van der Waals surface area contributed by atoms with E-state index in [1.165, 1.54) is 30.3 Å². The van der Waals surface area contributed by atoms with Gasteiger partial charge in [0.25, 0.3) is 0 Å². The lowest BCUT2D eigenvalue weighted by Crippen LogP contribution is -2.28. The molecule has 2 rings (SSSR count). The van der Waals surface area contributed by atoms with Crippen LogP contribution in [0.4, 0.5) is 17.6 Å². The predicted octanol–water partition coefficient (Wildman–Crippen LogP) is 3.90. The molecule has 0 fully saturated rings. The summed E-state index contributed by atoms with van der Waals surface area (Å²) in [6, 6.07) is 8.60. The molecule has 26 heavy (non-hydrogen) atoms. The Morgan fingerprint density at radius 3 is 2.12 bits per heavy atom. The Labute approximate surface area is 146 Å². The molecule has 2 aromatic rings. The van der Waals surface area contributed by atoms with Crippen molar-refractivity contribution >= 4 is 16.1 Å². The average molecular weight is 392 g/mol. The molecule has 0 N–H and O–H groups in total. The first-order valence-electron chi connectivity index (χ1n) is 7.13. The third-order valence-corrected chi connectivity index (χ3v) is 4.11. The third-order valence-electron chi connectivity index (χ3n) is 3.14. The highest BCUT2D eigenvalue weighted by Gasteiger charge is 2.48. The molecule has 2 aromatic carbocycles. The van der Waals surface area contributed by atoms with Crippen molar-refractivity contribution in [1.82, 2.24) is 0 Å². The molecule has 0 aliphatic rings. The van der Waals surface area contributed by atoms with E-state index in [0.717, 1.165) is 12.1 Å². The Morgan fingerprint density at radius 2 is 1.62 bits per heavy atom. The standard InChI is InChI=1S/C16H12F4O5S/c1-2-24-15(21)11-5-3-10(4-6-11)12-7-8-14(13(17)9-12)25-26(22,23)16(18,19)20/h3-9H,2H2,1H3. The van der Waals surface area contributed by atoms with E-state index in [-0.39, 0.29) is 17.7 Å². The van der Waals surface area contributed by atoms with Crippen LogP contribution in [0.5, 0.6) is 5.75 Å². The summed E-state index contributed by atoms with van der Waals surface area (Å²) in [4.78, 5) is 11.6. The van der Waals surface area contributed by atoms with Gasteiger partial charge < -0.3 is 8.92 Å². The second-order valence-corrected chi connectivity index (χ2v) is 6.46. The van der Waals surface area contributed by atoms with Crippen molar-refractivity contribution in [2.75, 3.05) is 6.61 Å². The van der Waals surface area contributed by atoms with Crippen LogP contribution in [-0.4, -0.2) is 26.5 Å². The van der Waals surface area contributed by atoms with Gasteiger partial charge in [-0.3, -0.25) is 0 Å². The lowest BCUT2D eigenvalue weighted by atomic mass is 10.0. The molecule has 0 aromatic heterocycles. The second-order valence-electron chi connectivity index (χ2n) is 4.93. The third kappa shape index (κ3) is 4.31. The number of rotatable bonds is 5. The summed E-state index contributed by atoms with van der Waals surface area (Å²) in [5.74, 6) is -2.90. The van der Waals surface area contributed by atoms with Crippen molar-refractivity contribution in [2.24, 2.45) is 0 Å². The highest BCUT2D eigenvalue weighted by atomic mass is 32.2. The van der Waals surface area contributed by atoms with E-state index in [9.17, 15) is 30.8 Å². The summed E-state index contributed by atoms with van der Waals surface area (Å²) in [7, 11) is -5.96. The molecule has 0 radical (unpaired) electrons. The average Bonchev–Trinajstić information content (AvgIpc) is 2.56. The van der Waals surface area contributed by atoms with Crippen LogP contribution >= 0.6 is 0 Å². The molecule has 0 aliphatic heterocycles. The summed E-state index contributed by atoms with van der Waals surface area (Å²) >= 11 is 0. The molecule has 140 valence electrons. The fourth-order valence-electron chi connectivity index (χ4n) is 1.93. The van der Waals surface area contributed by atoms with Crippen molar-refractivity contribution in [3.63, 3.8) is 0 Å². The quantitative estimate of drug-likeness (QED) is 0.334. The first kappa shape index (κ1) is 19.7. The molecule has 0 unspecified atom stereocenters. The van der Waals surface area contributed by atoms with Crippen molar-refractivity contribution < 1.29 is 39.7 Å². The Hall–Kier alpha value is -2.62. The topological polar surface area (TPSA) is 69.7 Å². The van der Waals surface area contributed by atoms with Crippen LogP contribution in [0, 0.1) is 5.82 Å². The molecule has 0 heterocycles. The van der Waals surface area contributed by atoms with Gasteiger partial charge in [-0.2, -0.15) is 21.6 Å². The van der Waals surface area contributed by atoms with Crippen molar-refractivity contribution in [1.29, 1.82) is 0 Å². The maximum absolute atomic E-state index is 13.9. The number of hydrogen-bond donors (Lipinski definition) is 0. The molecular weight excluding hydrogens is 380 g/mol. The van der Waals surface area contributed by atoms with Crippen molar-refractivity contribution in [3.8, 4) is 16.9 Å². The SMILES string of the molecule is CCOC(=O)c1ccc(-c2ccc(OS(=O)(=O)C(F)(F)F)c(F)c2)cc1. The number of ether oxygens (including phenoxy) is 1. The van der Waals surface area contributed by atoms with Crippen LogP contribution in [0.1, 0.15) is 17.3 Å². The van der Waals surface area contributed by atoms with Crippen LogP contribution in [0.2, 0.25) is 0 Å². The smallest absolute Gasteiger partial charge is 0.462 e. The van der Waals surface area contributed by atoms with Gasteiger partial charge in [-0.15, -0.1) is 0 Å². The summed E-state index contributed by atoms with van der Waals surface area (Å²) in [5, 5.41) is 0. The molecule has 0 aliphatic carbocycles. The van der Waals surface area contributed by atoms with Gasteiger partial charge >= 0.3 is 21.6 Å². The minimum atomic E-state index is -5.96. The summed E-state index contributed by atoms with van der Waals surface area (Å²) in [5.41, 5.74) is -4.70. The van der Waals surface area contributed by atoms with E-state index in [1.807, 2.05) is 0 Å². The number of benzene rings is 2. The largest absolute Gasteiger partial charge is 0.534 e. The Kier molecular flexibility index (Phi) is 5.55. The molecule has 0 atom stereocenters. The number of carbonyl (C=O) groups excluding carboxylic acids is 1. The number of alkyl halides is 3. The maximum Gasteiger partial charge on any atom is 0.534 e. The van der Waals surface area contributed by atoms with Crippen LogP contribution < -0.4 is 4.18 Å². The second kappa shape index (κ2) is 7.32. The van der Waals surface area contributed by atoms with Gasteiger partial charge in [-0.1, -0.05) is 18.2 Å². The fourth-order valence-corrected chi connectivity index (χ4v) is 2.39. The van der Waals surface area contributed by atoms with Crippen LogP contribution in [0.3, 0.4) is 0 Å². The van der Waals surface area contributed by atoms with E-state index in [1.54, 1.807) is 6.92 Å². The molecule has 0 bridgehead atoms. The van der Waals surface area contributed by atoms with Crippen LogP contribution in [0.15, 0.2) is 42.5 Å². The predicted molar refractivity (Wildman–Crippen MR) is 83.4 cm³/mol. The molecule has 10 heteroatoms. The number of halogens is 4. The van der Waals surface area contributed by atoms with Gasteiger partial charge in [0.2, 0.25) is 0 Å². The van der Waals surface area contributed by atoms with E-state index in [2.05, 4.69) is 4.18 Å². The monoisotopic (exact) mass is 392 g/mol. The molecule has 0 amide bonds. The minimum Gasteiger partial charge on any atom is -0.462 e. The summed E-state index contributed by atoms with van der Waals surface area (Å²) in [6.07, 6.45) is 0. The van der Waals surface area contributed by atoms with Crippen molar-refractivity contribution in [2.45, 2.75) is 12.4 Å². The van der Waals surface area contributed by atoms with Gasteiger partial charge in [0.15, 0.2) is 11.6 Å². The molecule has 0 saturated heterocycles. The highest BCUT2D eigenvalue weighted by molar-refractivity contribution is 7.88. The van der Waals surface area contributed by atoms with Gasteiger partial charge in [-0.25, -0.2) is 9.18 Å². The lowest BCUT2D eigenvalue weighted by Gasteiger charge is -2.11. The number of hydrogen-bond acceptors (Lipinski definition) is 5. The van der Waals surface area contributed by atoms with Gasteiger partial charge in [0.1, 0.15) is 0 Å². The molecular formula is C16H12F4O5S. The lowest BCUT2D eigenvalue weighted by molar-refractivity contribution is -0.0500. The zero-order chi connectivity index (χ0) is 19.5. The Balaban J connectivity index is 2.26. The fraction of sp³-hybridized carbons (Fsp3) is 0.188. The van der Waals surface area contributed by atoms with E-state index >= 15 is 0 Å². The highest BCUT2D eigenvalue weighted by Crippen LogP contribution is 2.31. The summed E-state index contributed by atoms with van der Waals surface area (Å²) < 4.78 is 81.2. The zero-order valence-corrected chi connectivity index (χ0v) is 14.0. The van der Waals surface area contributed by atoms with E-state index in [4.69, 9.17) is 4.74 Å².